The maximum Gasteiger partial charge on any atom is 0.325 e. The van der Waals surface area contributed by atoms with Crippen LogP contribution < -0.4 is 4.90 Å². The fourth-order valence-corrected chi connectivity index (χ4v) is 1.14. The number of nitrogens with zero attached hydrogens (tertiary/aromatic N) is 3. The van der Waals surface area contributed by atoms with E-state index in [0.29, 0.717) is 12.4 Å². The van der Waals surface area contributed by atoms with Crippen molar-refractivity contribution in [3.63, 3.8) is 0 Å². The summed E-state index contributed by atoms with van der Waals surface area (Å²) < 4.78 is 4.60. The molecule has 15 heavy (non-hydrogen) atoms. The molecule has 1 heterocycles. The molecule has 0 aromatic carbocycles. The second-order valence-corrected chi connectivity index (χ2v) is 3.12. The Hall–Kier alpha value is -1.65. The number of ether oxygens (including phenoxy) is 1. The minimum Gasteiger partial charge on any atom is -0.468 e. The van der Waals surface area contributed by atoms with Crippen LogP contribution in [0.1, 0.15) is 12.6 Å². The molecule has 1 aromatic rings. The third kappa shape index (κ3) is 3.19. The first kappa shape index (κ1) is 11.4. The summed E-state index contributed by atoms with van der Waals surface area (Å²) in [5.74, 6) is 0.410. The first-order chi connectivity index (χ1) is 7.17. The van der Waals surface area contributed by atoms with E-state index in [4.69, 9.17) is 0 Å². The Morgan fingerprint density at radius 3 is 2.67 bits per heavy atom. The predicted molar refractivity (Wildman–Crippen MR) is 56.7 cm³/mol. The monoisotopic (exact) mass is 209 g/mol. The minimum atomic E-state index is -0.278. The van der Waals surface area contributed by atoms with Crippen LogP contribution in [0, 0.1) is 6.92 Å². The second kappa shape index (κ2) is 5.29. The van der Waals surface area contributed by atoms with Crippen LogP contribution in [0.5, 0.6) is 0 Å². The molecule has 0 unspecified atom stereocenters. The number of aromatic nitrogens is 2. The number of hydrogen-bond donors (Lipinski definition) is 0. The quantitative estimate of drug-likeness (QED) is 0.686. The Morgan fingerprint density at radius 2 is 2.20 bits per heavy atom. The molecule has 0 atom stereocenters. The van der Waals surface area contributed by atoms with Crippen molar-refractivity contribution in [2.45, 2.75) is 13.8 Å². The Bertz CT molecular complexity index is 324. The lowest BCUT2D eigenvalue weighted by molar-refractivity contribution is -0.138. The van der Waals surface area contributed by atoms with E-state index in [1.165, 1.54) is 7.11 Å². The van der Waals surface area contributed by atoms with E-state index in [-0.39, 0.29) is 12.5 Å². The van der Waals surface area contributed by atoms with Gasteiger partial charge in [0.05, 0.1) is 12.8 Å². The molecule has 0 bridgehead atoms. The number of rotatable bonds is 4. The van der Waals surface area contributed by atoms with Gasteiger partial charge in [0, 0.05) is 6.54 Å². The van der Waals surface area contributed by atoms with Crippen molar-refractivity contribution in [3.05, 3.63) is 17.8 Å². The highest BCUT2D eigenvalue weighted by Crippen LogP contribution is 2.08. The van der Waals surface area contributed by atoms with Crippen molar-refractivity contribution in [2.75, 3.05) is 25.1 Å². The van der Waals surface area contributed by atoms with Gasteiger partial charge < -0.3 is 9.64 Å². The van der Waals surface area contributed by atoms with Gasteiger partial charge in [-0.15, -0.1) is 5.10 Å². The lowest BCUT2D eigenvalue weighted by Crippen LogP contribution is -2.31. The van der Waals surface area contributed by atoms with Crippen LogP contribution in [0.2, 0.25) is 0 Å². The molecule has 5 heteroatoms. The number of aryl methyl sites for hydroxylation is 1. The third-order valence-corrected chi connectivity index (χ3v) is 2.04. The summed E-state index contributed by atoms with van der Waals surface area (Å²) in [6.45, 7) is 4.70. The normalized spacial score (nSPS) is 9.80. The van der Waals surface area contributed by atoms with E-state index < -0.39 is 0 Å². The summed E-state index contributed by atoms with van der Waals surface area (Å²) in [5, 5.41) is 7.94. The van der Waals surface area contributed by atoms with Crippen LogP contribution in [0.15, 0.2) is 12.1 Å². The average Bonchev–Trinajstić information content (AvgIpc) is 2.27. The Labute approximate surface area is 89.1 Å². The van der Waals surface area contributed by atoms with Gasteiger partial charge in [0.25, 0.3) is 0 Å². The number of hydrogen-bond acceptors (Lipinski definition) is 5. The number of likely N-dealkylation sites (N-methyl/N-ethyl adjacent to an activating group) is 1. The molecule has 0 radical (unpaired) electrons. The van der Waals surface area contributed by atoms with Crippen molar-refractivity contribution in [2.24, 2.45) is 0 Å². The maximum atomic E-state index is 11.1. The number of methoxy groups -OCH3 is 1. The van der Waals surface area contributed by atoms with Crippen molar-refractivity contribution in [1.82, 2.24) is 10.2 Å². The Kier molecular flexibility index (Phi) is 4.03. The molecule has 0 fully saturated rings. The standard InChI is InChI=1S/C10H15N3O2/c1-4-13(7-10(14)15-3)9-6-5-8(2)11-12-9/h5-6H,4,7H2,1-3H3. The van der Waals surface area contributed by atoms with E-state index in [9.17, 15) is 4.79 Å². The fraction of sp³-hybridized carbons (Fsp3) is 0.500. The highest BCUT2D eigenvalue weighted by Gasteiger charge is 2.11. The third-order valence-electron chi connectivity index (χ3n) is 2.04. The van der Waals surface area contributed by atoms with Crippen molar-refractivity contribution < 1.29 is 9.53 Å². The van der Waals surface area contributed by atoms with Gasteiger partial charge in [0.1, 0.15) is 6.54 Å². The molecule has 0 N–H and O–H groups in total. The molecule has 1 rings (SSSR count). The molecule has 82 valence electrons. The van der Waals surface area contributed by atoms with E-state index in [0.717, 1.165) is 5.69 Å². The zero-order chi connectivity index (χ0) is 11.3. The first-order valence-electron chi connectivity index (χ1n) is 4.79. The van der Waals surface area contributed by atoms with Crippen LogP contribution in [-0.2, 0) is 9.53 Å². The SMILES string of the molecule is CCN(CC(=O)OC)c1ccc(C)nn1. The molecular formula is C10H15N3O2. The molecule has 0 amide bonds. The summed E-state index contributed by atoms with van der Waals surface area (Å²) >= 11 is 0. The number of esters is 1. The maximum absolute atomic E-state index is 11.1. The zero-order valence-corrected chi connectivity index (χ0v) is 9.23. The summed E-state index contributed by atoms with van der Waals surface area (Å²) in [5.41, 5.74) is 0.855. The van der Waals surface area contributed by atoms with Gasteiger partial charge in [-0.2, -0.15) is 5.10 Å². The van der Waals surface area contributed by atoms with Gasteiger partial charge in [0.2, 0.25) is 0 Å². The molecule has 0 saturated heterocycles. The van der Waals surface area contributed by atoms with Crippen LogP contribution in [-0.4, -0.2) is 36.4 Å². The Balaban J connectivity index is 2.74. The summed E-state index contributed by atoms with van der Waals surface area (Å²) in [6.07, 6.45) is 0. The van der Waals surface area contributed by atoms with Crippen LogP contribution in [0.25, 0.3) is 0 Å². The molecule has 5 nitrogen and oxygen atoms in total. The molecule has 0 aliphatic rings. The number of carbonyl (C=O) groups excluding carboxylic acids is 1. The minimum absolute atomic E-state index is 0.199. The summed E-state index contributed by atoms with van der Waals surface area (Å²) in [4.78, 5) is 12.9. The zero-order valence-electron chi connectivity index (χ0n) is 9.23. The summed E-state index contributed by atoms with van der Waals surface area (Å²) in [6, 6.07) is 3.71. The van der Waals surface area contributed by atoms with Gasteiger partial charge in [0.15, 0.2) is 5.82 Å². The lowest BCUT2D eigenvalue weighted by Gasteiger charge is -2.19. The van der Waals surface area contributed by atoms with Crippen molar-refractivity contribution in [1.29, 1.82) is 0 Å². The van der Waals surface area contributed by atoms with Gasteiger partial charge in [-0.1, -0.05) is 0 Å². The molecule has 0 aliphatic heterocycles. The van der Waals surface area contributed by atoms with E-state index in [2.05, 4.69) is 14.9 Å². The lowest BCUT2D eigenvalue weighted by atomic mass is 10.4. The smallest absolute Gasteiger partial charge is 0.325 e. The Morgan fingerprint density at radius 1 is 1.47 bits per heavy atom. The first-order valence-corrected chi connectivity index (χ1v) is 4.79. The molecule has 1 aromatic heterocycles. The second-order valence-electron chi connectivity index (χ2n) is 3.12. The molecular weight excluding hydrogens is 194 g/mol. The van der Waals surface area contributed by atoms with Gasteiger partial charge in [-0.25, -0.2) is 0 Å². The highest BCUT2D eigenvalue weighted by molar-refractivity contribution is 5.75. The van der Waals surface area contributed by atoms with Crippen LogP contribution >= 0.6 is 0 Å². The number of anilines is 1. The molecule has 0 saturated carbocycles. The van der Waals surface area contributed by atoms with Crippen LogP contribution in [0.4, 0.5) is 5.82 Å². The van der Waals surface area contributed by atoms with Gasteiger partial charge in [-0.05, 0) is 26.0 Å². The molecule has 0 spiro atoms. The topological polar surface area (TPSA) is 55.3 Å². The van der Waals surface area contributed by atoms with Crippen molar-refractivity contribution >= 4 is 11.8 Å². The fourth-order valence-electron chi connectivity index (χ4n) is 1.14. The molecule has 0 aliphatic carbocycles. The van der Waals surface area contributed by atoms with Crippen molar-refractivity contribution in [3.8, 4) is 0 Å². The predicted octanol–water partition coefficient (Wildman–Crippen LogP) is 0.784. The summed E-state index contributed by atoms with van der Waals surface area (Å²) in [7, 11) is 1.37. The van der Waals surface area contributed by atoms with E-state index in [1.807, 2.05) is 26.0 Å². The largest absolute Gasteiger partial charge is 0.468 e. The van der Waals surface area contributed by atoms with Gasteiger partial charge >= 0.3 is 5.97 Å². The van der Waals surface area contributed by atoms with E-state index in [1.54, 1.807) is 4.90 Å². The van der Waals surface area contributed by atoms with Crippen LogP contribution in [0.3, 0.4) is 0 Å². The van der Waals surface area contributed by atoms with Gasteiger partial charge in [-0.3, -0.25) is 4.79 Å². The van der Waals surface area contributed by atoms with E-state index >= 15 is 0 Å². The number of carbonyl (C=O) groups is 1. The average molecular weight is 209 g/mol. The highest BCUT2D eigenvalue weighted by atomic mass is 16.5.